The number of aromatic nitrogens is 1. The molecule has 7 heteroatoms. The molecular formula is C22H15BrN2O4. The number of carbonyl (C=O) groups excluding carboxylic acids is 1. The van der Waals surface area contributed by atoms with Gasteiger partial charge in [-0.2, -0.15) is 0 Å². The number of benzene rings is 3. The molecule has 0 atom stereocenters. The zero-order valence-corrected chi connectivity index (χ0v) is 16.7. The van der Waals surface area contributed by atoms with Gasteiger partial charge >= 0.3 is 5.63 Å². The highest BCUT2D eigenvalue weighted by Crippen LogP contribution is 2.21. The predicted molar refractivity (Wildman–Crippen MR) is 114 cm³/mol. The molecular weight excluding hydrogens is 436 g/mol. The van der Waals surface area contributed by atoms with E-state index in [1.54, 1.807) is 54.6 Å². The molecule has 4 aromatic rings. The maximum absolute atomic E-state index is 12.1. The lowest BCUT2D eigenvalue weighted by atomic mass is 10.2. The standard InChI is InChI=1S/C22H15BrN2O4/c23-15-7-11-17(12-8-15)28-13-20(26)24-16-9-5-14(6-10-16)21-25-19-4-2-1-3-18(19)22(27)29-21/h1-12H,13H2,(H,24,26). The number of ether oxygens (including phenoxy) is 1. The van der Waals surface area contributed by atoms with Crippen molar-refractivity contribution in [1.29, 1.82) is 0 Å². The molecule has 0 aliphatic heterocycles. The second kappa shape index (κ2) is 8.28. The summed E-state index contributed by atoms with van der Waals surface area (Å²) in [6, 6.07) is 21.1. The van der Waals surface area contributed by atoms with Gasteiger partial charge in [-0.3, -0.25) is 4.79 Å². The SMILES string of the molecule is O=C(COc1ccc(Br)cc1)Nc1ccc(-c2nc3ccccc3c(=O)o2)cc1. The van der Waals surface area contributed by atoms with Gasteiger partial charge in [-0.05, 0) is 60.7 Å². The van der Waals surface area contributed by atoms with Crippen LogP contribution in [0.4, 0.5) is 5.69 Å². The molecule has 0 saturated heterocycles. The average molecular weight is 451 g/mol. The lowest BCUT2D eigenvalue weighted by molar-refractivity contribution is -0.118. The van der Waals surface area contributed by atoms with Gasteiger partial charge in [-0.1, -0.05) is 28.1 Å². The smallest absolute Gasteiger partial charge is 0.347 e. The minimum absolute atomic E-state index is 0.107. The molecule has 0 spiro atoms. The van der Waals surface area contributed by atoms with Gasteiger partial charge in [0.1, 0.15) is 5.75 Å². The van der Waals surface area contributed by atoms with Crippen LogP contribution in [0.25, 0.3) is 22.4 Å². The number of anilines is 1. The number of amides is 1. The Morgan fingerprint density at radius 2 is 1.72 bits per heavy atom. The van der Waals surface area contributed by atoms with Gasteiger partial charge in [-0.25, -0.2) is 9.78 Å². The molecule has 1 amide bonds. The van der Waals surface area contributed by atoms with Crippen LogP contribution in [0.3, 0.4) is 0 Å². The van der Waals surface area contributed by atoms with E-state index in [1.165, 1.54) is 0 Å². The molecule has 0 bridgehead atoms. The summed E-state index contributed by atoms with van der Waals surface area (Å²) < 4.78 is 11.7. The largest absolute Gasteiger partial charge is 0.484 e. The molecule has 144 valence electrons. The van der Waals surface area contributed by atoms with Crippen molar-refractivity contribution < 1.29 is 13.9 Å². The van der Waals surface area contributed by atoms with Crippen molar-refractivity contribution in [3.8, 4) is 17.2 Å². The van der Waals surface area contributed by atoms with Gasteiger partial charge in [-0.15, -0.1) is 0 Å². The molecule has 0 radical (unpaired) electrons. The van der Waals surface area contributed by atoms with E-state index in [9.17, 15) is 9.59 Å². The third-order valence-electron chi connectivity index (χ3n) is 4.13. The summed E-state index contributed by atoms with van der Waals surface area (Å²) in [6.45, 7) is -0.107. The Kier molecular flexibility index (Phi) is 5.39. The van der Waals surface area contributed by atoms with E-state index in [1.807, 2.05) is 18.2 Å². The summed E-state index contributed by atoms with van der Waals surface area (Å²) in [7, 11) is 0. The summed E-state index contributed by atoms with van der Waals surface area (Å²) in [5.41, 5.74) is 1.37. The van der Waals surface area contributed by atoms with Crippen LogP contribution in [0.1, 0.15) is 0 Å². The molecule has 4 rings (SSSR count). The molecule has 0 aliphatic rings. The maximum Gasteiger partial charge on any atom is 0.347 e. The highest BCUT2D eigenvalue weighted by Gasteiger charge is 2.09. The van der Waals surface area contributed by atoms with Crippen molar-refractivity contribution >= 4 is 38.4 Å². The Morgan fingerprint density at radius 3 is 2.48 bits per heavy atom. The number of nitrogens with zero attached hydrogens (tertiary/aromatic N) is 1. The number of hydrogen-bond donors (Lipinski definition) is 1. The second-order valence-corrected chi connectivity index (χ2v) is 7.11. The number of para-hydroxylation sites is 1. The molecule has 1 heterocycles. The van der Waals surface area contributed by atoms with Crippen molar-refractivity contribution in [3.05, 3.63) is 87.7 Å². The topological polar surface area (TPSA) is 81.4 Å². The lowest BCUT2D eigenvalue weighted by Gasteiger charge is -2.08. The van der Waals surface area contributed by atoms with Gasteiger partial charge in [0.2, 0.25) is 5.89 Å². The lowest BCUT2D eigenvalue weighted by Crippen LogP contribution is -2.20. The summed E-state index contributed by atoms with van der Waals surface area (Å²) in [5, 5.41) is 3.19. The zero-order valence-electron chi connectivity index (χ0n) is 15.1. The summed E-state index contributed by atoms with van der Waals surface area (Å²) in [6.07, 6.45) is 0. The van der Waals surface area contributed by atoms with Gasteiger partial charge in [0.15, 0.2) is 6.61 Å². The van der Waals surface area contributed by atoms with Crippen molar-refractivity contribution in [1.82, 2.24) is 4.98 Å². The minimum Gasteiger partial charge on any atom is -0.484 e. The van der Waals surface area contributed by atoms with Gasteiger partial charge in [0.25, 0.3) is 5.91 Å². The van der Waals surface area contributed by atoms with Crippen LogP contribution in [0.2, 0.25) is 0 Å². The predicted octanol–water partition coefficient (Wildman–Crippen LogP) is 4.64. The first kappa shape index (κ1) is 18.9. The second-order valence-electron chi connectivity index (χ2n) is 6.19. The molecule has 0 unspecified atom stereocenters. The number of hydrogen-bond acceptors (Lipinski definition) is 5. The van der Waals surface area contributed by atoms with Gasteiger partial charge in [0, 0.05) is 15.7 Å². The van der Waals surface area contributed by atoms with E-state index in [-0.39, 0.29) is 18.4 Å². The Balaban J connectivity index is 1.43. The normalized spacial score (nSPS) is 10.7. The summed E-state index contributed by atoms with van der Waals surface area (Å²) in [4.78, 5) is 28.6. The first-order valence-electron chi connectivity index (χ1n) is 8.77. The van der Waals surface area contributed by atoms with Crippen LogP contribution < -0.4 is 15.7 Å². The number of carbonyl (C=O) groups is 1. The Labute approximate surface area is 174 Å². The van der Waals surface area contributed by atoms with Crippen LogP contribution in [-0.2, 0) is 4.79 Å². The van der Waals surface area contributed by atoms with Crippen LogP contribution in [-0.4, -0.2) is 17.5 Å². The molecule has 3 aromatic carbocycles. The van der Waals surface area contributed by atoms with E-state index >= 15 is 0 Å². The fourth-order valence-corrected chi connectivity index (χ4v) is 2.98. The van der Waals surface area contributed by atoms with Crippen LogP contribution in [0.15, 0.2) is 86.5 Å². The van der Waals surface area contributed by atoms with Crippen molar-refractivity contribution in [2.24, 2.45) is 0 Å². The molecule has 6 nitrogen and oxygen atoms in total. The first-order valence-corrected chi connectivity index (χ1v) is 9.56. The third kappa shape index (κ3) is 4.52. The molecule has 0 fully saturated rings. The van der Waals surface area contributed by atoms with Crippen LogP contribution in [0.5, 0.6) is 5.75 Å². The molecule has 0 saturated carbocycles. The van der Waals surface area contributed by atoms with Crippen LogP contribution >= 0.6 is 15.9 Å². The fraction of sp³-hybridized carbons (Fsp3) is 0.0455. The van der Waals surface area contributed by atoms with Gasteiger partial charge in [0.05, 0.1) is 10.9 Å². The van der Waals surface area contributed by atoms with E-state index in [0.717, 1.165) is 4.47 Å². The number of nitrogens with one attached hydrogen (secondary N) is 1. The summed E-state index contributed by atoms with van der Waals surface area (Å²) in [5.74, 6) is 0.553. The van der Waals surface area contributed by atoms with E-state index in [0.29, 0.717) is 27.9 Å². The zero-order chi connectivity index (χ0) is 20.2. The molecule has 1 aromatic heterocycles. The van der Waals surface area contributed by atoms with E-state index < -0.39 is 5.63 Å². The van der Waals surface area contributed by atoms with Crippen LogP contribution in [0, 0.1) is 0 Å². The highest BCUT2D eigenvalue weighted by atomic mass is 79.9. The first-order chi connectivity index (χ1) is 14.1. The fourth-order valence-electron chi connectivity index (χ4n) is 2.72. The number of fused-ring (bicyclic) bond motifs is 1. The molecule has 29 heavy (non-hydrogen) atoms. The third-order valence-corrected chi connectivity index (χ3v) is 4.66. The van der Waals surface area contributed by atoms with Gasteiger partial charge < -0.3 is 14.5 Å². The highest BCUT2D eigenvalue weighted by molar-refractivity contribution is 9.10. The average Bonchev–Trinajstić information content (AvgIpc) is 2.74. The van der Waals surface area contributed by atoms with Crippen molar-refractivity contribution in [2.45, 2.75) is 0 Å². The number of halogens is 1. The molecule has 1 N–H and O–H groups in total. The maximum atomic E-state index is 12.1. The quantitative estimate of drug-likeness (QED) is 0.479. The number of rotatable bonds is 5. The van der Waals surface area contributed by atoms with Crippen molar-refractivity contribution in [3.63, 3.8) is 0 Å². The Morgan fingerprint density at radius 1 is 1.00 bits per heavy atom. The Hall–Kier alpha value is -3.45. The van der Waals surface area contributed by atoms with E-state index in [2.05, 4.69) is 26.2 Å². The van der Waals surface area contributed by atoms with Crippen molar-refractivity contribution in [2.75, 3.05) is 11.9 Å². The Bertz CT molecular complexity index is 1220. The summed E-state index contributed by atoms with van der Waals surface area (Å²) >= 11 is 3.34. The molecule has 0 aliphatic carbocycles. The monoisotopic (exact) mass is 450 g/mol. The van der Waals surface area contributed by atoms with E-state index in [4.69, 9.17) is 9.15 Å². The minimum atomic E-state index is -0.437.